The van der Waals surface area contributed by atoms with Gasteiger partial charge >= 0.3 is 11.9 Å². The van der Waals surface area contributed by atoms with Crippen LogP contribution >= 0.6 is 0 Å². The van der Waals surface area contributed by atoms with Gasteiger partial charge in [0, 0.05) is 0 Å². The van der Waals surface area contributed by atoms with Crippen molar-refractivity contribution in [3.63, 3.8) is 0 Å². The van der Waals surface area contributed by atoms with Crippen LogP contribution in [0, 0.1) is 0 Å². The Bertz CT molecular complexity index is 456. The summed E-state index contributed by atoms with van der Waals surface area (Å²) in [5.74, 6) is -1.61. The molecule has 0 radical (unpaired) electrons. The lowest BCUT2D eigenvalue weighted by atomic mass is 9.98. The van der Waals surface area contributed by atoms with Crippen molar-refractivity contribution in [1.29, 1.82) is 0 Å². The lowest BCUT2D eigenvalue weighted by Gasteiger charge is -2.18. The van der Waals surface area contributed by atoms with Crippen LogP contribution in [0.5, 0.6) is 0 Å². The zero-order valence-corrected chi connectivity index (χ0v) is 10.7. The Morgan fingerprint density at radius 2 is 1.89 bits per heavy atom. The van der Waals surface area contributed by atoms with Crippen LogP contribution in [0.3, 0.4) is 0 Å². The summed E-state index contributed by atoms with van der Waals surface area (Å²) in [6.07, 6.45) is -3.32. The molecule has 0 heterocycles. The minimum atomic E-state index is -1.76. The van der Waals surface area contributed by atoms with E-state index in [9.17, 15) is 19.8 Å². The number of aliphatic hydroxyl groups excluding tert-OH is 2. The molecule has 0 aliphatic rings. The molecule has 0 bridgehead atoms. The molecule has 6 nitrogen and oxygen atoms in total. The van der Waals surface area contributed by atoms with Crippen molar-refractivity contribution >= 4 is 11.9 Å². The molecule has 2 atom stereocenters. The highest BCUT2D eigenvalue weighted by Gasteiger charge is 2.29. The standard InChI is InChI=1S/C13H16O6/c1-3-19-13(17)11(15)10(14)8-6-4-5-7-9(8)12(16)18-2/h4-7,10-11,14-15H,3H2,1-2H3. The number of hydrogen-bond donors (Lipinski definition) is 2. The second-order valence-electron chi connectivity index (χ2n) is 3.72. The molecule has 2 N–H and O–H groups in total. The maximum Gasteiger partial charge on any atom is 0.338 e. The maximum atomic E-state index is 11.5. The van der Waals surface area contributed by atoms with Crippen molar-refractivity contribution in [2.75, 3.05) is 13.7 Å². The quantitative estimate of drug-likeness (QED) is 0.752. The summed E-state index contributed by atoms with van der Waals surface area (Å²) in [6, 6.07) is 6.02. The van der Waals surface area contributed by atoms with Gasteiger partial charge in [0.05, 0.1) is 19.3 Å². The average Bonchev–Trinajstić information content (AvgIpc) is 2.45. The predicted octanol–water partition coefficient (Wildman–Crippen LogP) is 0.431. The fraction of sp³-hybridized carbons (Fsp3) is 0.385. The Labute approximate surface area is 110 Å². The molecule has 1 aromatic carbocycles. The highest BCUT2D eigenvalue weighted by molar-refractivity contribution is 5.91. The molecule has 0 aliphatic heterocycles. The van der Waals surface area contributed by atoms with Crippen molar-refractivity contribution in [1.82, 2.24) is 0 Å². The Balaban J connectivity index is 3.02. The van der Waals surface area contributed by atoms with Crippen LogP contribution in [0.15, 0.2) is 24.3 Å². The first kappa shape index (κ1) is 15.1. The van der Waals surface area contributed by atoms with E-state index in [1.54, 1.807) is 19.1 Å². The van der Waals surface area contributed by atoms with Crippen molar-refractivity contribution < 1.29 is 29.3 Å². The van der Waals surface area contributed by atoms with Gasteiger partial charge in [-0.25, -0.2) is 9.59 Å². The van der Waals surface area contributed by atoms with E-state index in [-0.39, 0.29) is 17.7 Å². The third-order valence-electron chi connectivity index (χ3n) is 2.51. The van der Waals surface area contributed by atoms with E-state index < -0.39 is 24.1 Å². The molecule has 2 unspecified atom stereocenters. The number of hydrogen-bond acceptors (Lipinski definition) is 6. The molecule has 0 spiro atoms. The molecule has 6 heteroatoms. The Morgan fingerprint density at radius 3 is 2.47 bits per heavy atom. The fourth-order valence-corrected chi connectivity index (χ4v) is 1.58. The van der Waals surface area contributed by atoms with Crippen LogP contribution in [-0.4, -0.2) is 42.0 Å². The number of carbonyl (C=O) groups is 2. The summed E-state index contributed by atoms with van der Waals surface area (Å²) in [4.78, 5) is 22.9. The van der Waals surface area contributed by atoms with Gasteiger partial charge in [-0.2, -0.15) is 0 Å². The molecule has 0 saturated carbocycles. The van der Waals surface area contributed by atoms with Crippen LogP contribution in [0.1, 0.15) is 28.9 Å². The van der Waals surface area contributed by atoms with Crippen molar-refractivity contribution in [3.05, 3.63) is 35.4 Å². The van der Waals surface area contributed by atoms with E-state index in [0.717, 1.165) is 0 Å². The maximum absolute atomic E-state index is 11.5. The Kier molecular flexibility index (Phi) is 5.47. The van der Waals surface area contributed by atoms with Gasteiger partial charge in [-0.05, 0) is 18.6 Å². The minimum Gasteiger partial charge on any atom is -0.465 e. The predicted molar refractivity (Wildman–Crippen MR) is 65.4 cm³/mol. The topological polar surface area (TPSA) is 93.1 Å². The van der Waals surface area contributed by atoms with Crippen molar-refractivity contribution in [2.24, 2.45) is 0 Å². The van der Waals surface area contributed by atoms with Crippen LogP contribution in [0.2, 0.25) is 0 Å². The summed E-state index contributed by atoms with van der Waals surface area (Å²) in [6.45, 7) is 1.67. The molecule has 0 aliphatic carbocycles. The van der Waals surface area contributed by atoms with Crippen LogP contribution in [-0.2, 0) is 14.3 Å². The van der Waals surface area contributed by atoms with Gasteiger partial charge in [-0.15, -0.1) is 0 Å². The third kappa shape index (κ3) is 3.52. The molecule has 0 saturated heterocycles. The minimum absolute atomic E-state index is 0.0841. The highest BCUT2D eigenvalue weighted by atomic mass is 16.5. The van der Waals surface area contributed by atoms with Gasteiger partial charge < -0.3 is 19.7 Å². The number of carbonyl (C=O) groups excluding carboxylic acids is 2. The summed E-state index contributed by atoms with van der Waals surface area (Å²) < 4.78 is 9.17. The van der Waals surface area contributed by atoms with Crippen LogP contribution in [0.25, 0.3) is 0 Å². The Hall–Kier alpha value is -1.92. The zero-order chi connectivity index (χ0) is 14.4. The van der Waals surface area contributed by atoms with E-state index in [0.29, 0.717) is 0 Å². The van der Waals surface area contributed by atoms with E-state index in [4.69, 9.17) is 0 Å². The second kappa shape index (κ2) is 6.86. The molecule has 104 valence electrons. The van der Waals surface area contributed by atoms with Crippen molar-refractivity contribution in [3.8, 4) is 0 Å². The highest BCUT2D eigenvalue weighted by Crippen LogP contribution is 2.22. The van der Waals surface area contributed by atoms with Crippen LogP contribution < -0.4 is 0 Å². The van der Waals surface area contributed by atoms with Gasteiger partial charge in [0.15, 0.2) is 6.10 Å². The normalized spacial score (nSPS) is 13.5. The largest absolute Gasteiger partial charge is 0.465 e. The molecule has 0 aromatic heterocycles. The van der Waals surface area contributed by atoms with Crippen LogP contribution in [0.4, 0.5) is 0 Å². The first-order valence-electron chi connectivity index (χ1n) is 5.72. The van der Waals surface area contributed by atoms with E-state index in [2.05, 4.69) is 9.47 Å². The Morgan fingerprint density at radius 1 is 1.26 bits per heavy atom. The molecule has 1 rings (SSSR count). The number of aliphatic hydroxyl groups is 2. The number of esters is 2. The average molecular weight is 268 g/mol. The van der Waals surface area contributed by atoms with Gasteiger partial charge in [-0.1, -0.05) is 18.2 Å². The van der Waals surface area contributed by atoms with E-state index in [1.807, 2.05) is 0 Å². The zero-order valence-electron chi connectivity index (χ0n) is 10.7. The summed E-state index contributed by atoms with van der Waals surface area (Å²) >= 11 is 0. The smallest absolute Gasteiger partial charge is 0.338 e. The molecular weight excluding hydrogens is 252 g/mol. The molecule has 0 amide bonds. The first-order valence-corrected chi connectivity index (χ1v) is 5.72. The third-order valence-corrected chi connectivity index (χ3v) is 2.51. The van der Waals surface area contributed by atoms with Gasteiger partial charge in [0.2, 0.25) is 0 Å². The van der Waals surface area contributed by atoms with Gasteiger partial charge in [0.1, 0.15) is 6.10 Å². The fourth-order valence-electron chi connectivity index (χ4n) is 1.58. The molecule has 0 fully saturated rings. The molecule has 19 heavy (non-hydrogen) atoms. The monoisotopic (exact) mass is 268 g/mol. The number of benzene rings is 1. The summed E-state index contributed by atoms with van der Waals surface area (Å²) in [7, 11) is 1.20. The molecule has 1 aromatic rings. The van der Waals surface area contributed by atoms with Crippen molar-refractivity contribution in [2.45, 2.75) is 19.1 Å². The van der Waals surface area contributed by atoms with E-state index >= 15 is 0 Å². The lowest BCUT2D eigenvalue weighted by Crippen LogP contribution is -2.30. The second-order valence-corrected chi connectivity index (χ2v) is 3.72. The first-order chi connectivity index (χ1) is 9.02. The SMILES string of the molecule is CCOC(=O)C(O)C(O)c1ccccc1C(=O)OC. The number of rotatable bonds is 5. The van der Waals surface area contributed by atoms with E-state index in [1.165, 1.54) is 19.2 Å². The summed E-state index contributed by atoms with van der Waals surface area (Å²) in [5.41, 5.74) is 0.191. The van der Waals surface area contributed by atoms with Gasteiger partial charge in [0.25, 0.3) is 0 Å². The number of ether oxygens (including phenoxy) is 2. The summed E-state index contributed by atoms with van der Waals surface area (Å²) in [5, 5.41) is 19.6. The van der Waals surface area contributed by atoms with Gasteiger partial charge in [-0.3, -0.25) is 0 Å². The lowest BCUT2D eigenvalue weighted by molar-refractivity contribution is -0.159. The molecular formula is C13H16O6. The number of methoxy groups -OCH3 is 1.